The molecule has 0 aliphatic carbocycles. The van der Waals surface area contributed by atoms with Gasteiger partial charge in [0.25, 0.3) is 5.91 Å². The molecule has 5 heteroatoms. The second-order valence-corrected chi connectivity index (χ2v) is 5.56. The normalized spacial score (nSPS) is 10.4. The zero-order valence-electron chi connectivity index (χ0n) is 13.8. The zero-order valence-corrected chi connectivity index (χ0v) is 13.8. The lowest BCUT2D eigenvalue weighted by Crippen LogP contribution is -2.25. The molecule has 0 fully saturated rings. The predicted octanol–water partition coefficient (Wildman–Crippen LogP) is 3.25. The molecule has 0 radical (unpaired) electrons. The highest BCUT2D eigenvalue weighted by molar-refractivity contribution is 5.94. The number of carbonyl (C=O) groups is 1. The summed E-state index contributed by atoms with van der Waals surface area (Å²) in [5, 5.41) is 21.5. The van der Waals surface area contributed by atoms with Gasteiger partial charge in [0.15, 0.2) is 11.5 Å². The fraction of sp³-hybridized carbons (Fsp3) is 0.316. The van der Waals surface area contributed by atoms with Crippen LogP contribution in [0.1, 0.15) is 35.7 Å². The molecule has 0 atom stereocenters. The highest BCUT2D eigenvalue weighted by Crippen LogP contribution is 2.24. The molecule has 0 aliphatic heterocycles. The molecule has 0 saturated carbocycles. The van der Waals surface area contributed by atoms with Crippen LogP contribution in [0.3, 0.4) is 0 Å². The molecule has 5 nitrogen and oxygen atoms in total. The number of phenols is 2. The molecular formula is C19H23NO4. The van der Waals surface area contributed by atoms with Crippen molar-refractivity contribution < 1.29 is 19.7 Å². The highest BCUT2D eigenvalue weighted by Gasteiger charge is 2.06. The number of phenolic OH excluding ortho intramolecular Hbond substituents is 2. The Morgan fingerprint density at radius 1 is 1.08 bits per heavy atom. The molecule has 0 unspecified atom stereocenters. The number of rotatable bonds is 8. The molecule has 1 amide bonds. The smallest absolute Gasteiger partial charge is 0.251 e. The first-order valence-corrected chi connectivity index (χ1v) is 8.12. The molecule has 3 N–H and O–H groups in total. The van der Waals surface area contributed by atoms with E-state index in [0.29, 0.717) is 25.1 Å². The van der Waals surface area contributed by atoms with Crippen LogP contribution in [0, 0.1) is 0 Å². The van der Waals surface area contributed by atoms with E-state index in [1.165, 1.54) is 12.1 Å². The molecular weight excluding hydrogens is 306 g/mol. The summed E-state index contributed by atoms with van der Waals surface area (Å²) in [5.41, 5.74) is 1.41. The van der Waals surface area contributed by atoms with Crippen LogP contribution in [-0.2, 0) is 6.42 Å². The van der Waals surface area contributed by atoms with Gasteiger partial charge in [-0.15, -0.1) is 0 Å². The van der Waals surface area contributed by atoms with Gasteiger partial charge in [-0.25, -0.2) is 0 Å². The maximum atomic E-state index is 12.1. The maximum absolute atomic E-state index is 12.1. The molecule has 0 bridgehead atoms. The Labute approximate surface area is 141 Å². The Balaban J connectivity index is 1.80. The fourth-order valence-corrected chi connectivity index (χ4v) is 2.18. The van der Waals surface area contributed by atoms with E-state index >= 15 is 0 Å². The van der Waals surface area contributed by atoms with Gasteiger partial charge in [0.2, 0.25) is 0 Å². The summed E-state index contributed by atoms with van der Waals surface area (Å²) in [6.45, 7) is 3.23. The average Bonchev–Trinajstić information content (AvgIpc) is 2.59. The average molecular weight is 329 g/mol. The third-order valence-electron chi connectivity index (χ3n) is 3.62. The van der Waals surface area contributed by atoms with Crippen LogP contribution < -0.4 is 10.1 Å². The van der Waals surface area contributed by atoms with Crippen molar-refractivity contribution in [3.05, 3.63) is 53.6 Å². The van der Waals surface area contributed by atoms with Crippen molar-refractivity contribution in [1.82, 2.24) is 5.32 Å². The van der Waals surface area contributed by atoms with Gasteiger partial charge in [0.05, 0.1) is 6.61 Å². The Morgan fingerprint density at radius 3 is 2.50 bits per heavy atom. The molecule has 0 aromatic heterocycles. The van der Waals surface area contributed by atoms with Gasteiger partial charge in [-0.1, -0.05) is 19.4 Å². The van der Waals surface area contributed by atoms with Gasteiger partial charge >= 0.3 is 0 Å². The molecule has 2 aromatic rings. The number of ether oxygens (including phenoxy) is 1. The molecule has 0 aliphatic rings. The minimum atomic E-state index is -0.155. The van der Waals surface area contributed by atoms with Crippen molar-refractivity contribution in [2.45, 2.75) is 26.2 Å². The molecule has 0 heterocycles. The standard InChI is InChI=1S/C19H23NO4/c1-2-3-12-24-16-7-5-15(6-8-16)19(23)20-11-10-14-4-9-17(21)18(22)13-14/h4-9,13,21-22H,2-3,10-12H2,1H3,(H,20,23). The second kappa shape index (κ2) is 8.82. The number of benzene rings is 2. The highest BCUT2D eigenvalue weighted by atomic mass is 16.5. The van der Waals surface area contributed by atoms with Crippen LogP contribution in [0.5, 0.6) is 17.2 Å². The van der Waals surface area contributed by atoms with E-state index in [1.807, 2.05) is 0 Å². The predicted molar refractivity (Wildman–Crippen MR) is 92.7 cm³/mol. The summed E-state index contributed by atoms with van der Waals surface area (Å²) >= 11 is 0. The molecule has 2 aromatic carbocycles. The number of hydrogen-bond acceptors (Lipinski definition) is 4. The van der Waals surface area contributed by atoms with Gasteiger partial charge < -0.3 is 20.3 Å². The lowest BCUT2D eigenvalue weighted by Gasteiger charge is -2.08. The third kappa shape index (κ3) is 5.19. The third-order valence-corrected chi connectivity index (χ3v) is 3.62. The minimum absolute atomic E-state index is 0.149. The topological polar surface area (TPSA) is 78.8 Å². The largest absolute Gasteiger partial charge is 0.504 e. The number of nitrogens with one attached hydrogen (secondary N) is 1. The molecule has 128 valence electrons. The van der Waals surface area contributed by atoms with E-state index < -0.39 is 0 Å². The first-order valence-electron chi connectivity index (χ1n) is 8.12. The first-order chi connectivity index (χ1) is 11.6. The van der Waals surface area contributed by atoms with Crippen LogP contribution in [0.2, 0.25) is 0 Å². The summed E-state index contributed by atoms with van der Waals surface area (Å²) in [6, 6.07) is 11.7. The van der Waals surface area contributed by atoms with Gasteiger partial charge in [0, 0.05) is 12.1 Å². The molecule has 0 saturated heterocycles. The van der Waals surface area contributed by atoms with E-state index in [-0.39, 0.29) is 17.4 Å². The van der Waals surface area contributed by atoms with E-state index in [0.717, 1.165) is 24.2 Å². The van der Waals surface area contributed by atoms with Crippen molar-refractivity contribution >= 4 is 5.91 Å². The maximum Gasteiger partial charge on any atom is 0.251 e. The summed E-state index contributed by atoms with van der Waals surface area (Å²) < 4.78 is 5.57. The number of aromatic hydroxyl groups is 2. The monoisotopic (exact) mass is 329 g/mol. The Kier molecular flexibility index (Phi) is 6.49. The number of hydrogen-bond donors (Lipinski definition) is 3. The van der Waals surface area contributed by atoms with Crippen LogP contribution in [0.4, 0.5) is 0 Å². The van der Waals surface area contributed by atoms with Crippen LogP contribution in [-0.4, -0.2) is 29.3 Å². The number of amides is 1. The Hall–Kier alpha value is -2.69. The zero-order chi connectivity index (χ0) is 17.4. The Morgan fingerprint density at radius 2 is 1.83 bits per heavy atom. The van der Waals surface area contributed by atoms with Gasteiger partial charge in [-0.2, -0.15) is 0 Å². The van der Waals surface area contributed by atoms with Crippen LogP contribution >= 0.6 is 0 Å². The summed E-state index contributed by atoms with van der Waals surface area (Å²) in [7, 11) is 0. The lowest BCUT2D eigenvalue weighted by atomic mass is 10.1. The molecule has 24 heavy (non-hydrogen) atoms. The quantitative estimate of drug-likeness (QED) is 0.513. The van der Waals surface area contributed by atoms with Crippen molar-refractivity contribution in [3.63, 3.8) is 0 Å². The van der Waals surface area contributed by atoms with Crippen LogP contribution in [0.15, 0.2) is 42.5 Å². The summed E-state index contributed by atoms with van der Waals surface area (Å²) in [6.07, 6.45) is 2.66. The first kappa shape index (κ1) is 17.7. The molecule has 0 spiro atoms. The fourth-order valence-electron chi connectivity index (χ4n) is 2.18. The molecule has 2 rings (SSSR count). The van der Waals surface area contributed by atoms with Crippen molar-refractivity contribution in [2.24, 2.45) is 0 Å². The summed E-state index contributed by atoms with van der Waals surface area (Å²) in [4.78, 5) is 12.1. The SMILES string of the molecule is CCCCOc1ccc(C(=O)NCCc2ccc(O)c(O)c2)cc1. The minimum Gasteiger partial charge on any atom is -0.504 e. The van der Waals surface area contributed by atoms with E-state index in [1.54, 1.807) is 30.3 Å². The second-order valence-electron chi connectivity index (χ2n) is 5.56. The van der Waals surface area contributed by atoms with Crippen molar-refractivity contribution in [2.75, 3.05) is 13.2 Å². The van der Waals surface area contributed by atoms with Crippen molar-refractivity contribution in [1.29, 1.82) is 0 Å². The van der Waals surface area contributed by atoms with Crippen molar-refractivity contribution in [3.8, 4) is 17.2 Å². The number of unbranched alkanes of at least 4 members (excludes halogenated alkanes) is 1. The van der Waals surface area contributed by atoms with E-state index in [2.05, 4.69) is 12.2 Å². The Bertz CT molecular complexity index is 668. The van der Waals surface area contributed by atoms with Gasteiger partial charge in [-0.05, 0) is 54.8 Å². The van der Waals surface area contributed by atoms with Gasteiger partial charge in [-0.3, -0.25) is 4.79 Å². The number of carbonyl (C=O) groups excluding carboxylic acids is 1. The van der Waals surface area contributed by atoms with Crippen LogP contribution in [0.25, 0.3) is 0 Å². The van der Waals surface area contributed by atoms with E-state index in [4.69, 9.17) is 4.74 Å². The summed E-state index contributed by atoms with van der Waals surface area (Å²) in [5.74, 6) is 0.305. The van der Waals surface area contributed by atoms with E-state index in [9.17, 15) is 15.0 Å². The van der Waals surface area contributed by atoms with Gasteiger partial charge in [0.1, 0.15) is 5.75 Å². The lowest BCUT2D eigenvalue weighted by molar-refractivity contribution is 0.0954.